The van der Waals surface area contributed by atoms with Crippen LogP contribution in [0.3, 0.4) is 0 Å². The monoisotopic (exact) mass is 636 g/mol. The highest BCUT2D eigenvalue weighted by atomic mass is 32.1. The number of fused-ring (bicyclic) bond motifs is 13. The molecule has 0 spiro atoms. The van der Waals surface area contributed by atoms with E-state index >= 15 is 0 Å². The van der Waals surface area contributed by atoms with Gasteiger partial charge in [0, 0.05) is 20.2 Å². The highest BCUT2D eigenvalue weighted by Crippen LogP contribution is 2.47. The lowest BCUT2D eigenvalue weighted by Crippen LogP contribution is -1.91. The van der Waals surface area contributed by atoms with Gasteiger partial charge in [-0.3, -0.25) is 0 Å². The molecule has 0 nitrogen and oxygen atoms in total. The van der Waals surface area contributed by atoms with E-state index in [-0.39, 0.29) is 0 Å². The van der Waals surface area contributed by atoms with Gasteiger partial charge in [-0.25, -0.2) is 0 Å². The second-order valence-corrected chi connectivity index (χ2v) is 14.2. The van der Waals surface area contributed by atoms with E-state index in [1.54, 1.807) is 0 Å². The highest BCUT2D eigenvalue weighted by molar-refractivity contribution is 7.26. The van der Waals surface area contributed by atoms with Gasteiger partial charge < -0.3 is 0 Å². The van der Waals surface area contributed by atoms with E-state index in [1.165, 1.54) is 107 Å². The molecular formula is C48H28S. The van der Waals surface area contributed by atoms with Crippen molar-refractivity contribution in [2.24, 2.45) is 0 Å². The Bertz CT molecular complexity index is 3070. The lowest BCUT2D eigenvalue weighted by Gasteiger charge is -2.18. The van der Waals surface area contributed by atoms with Gasteiger partial charge in [0.2, 0.25) is 0 Å². The van der Waals surface area contributed by atoms with Crippen molar-refractivity contribution in [3.8, 4) is 22.3 Å². The minimum absolute atomic E-state index is 1.25. The Balaban J connectivity index is 1.20. The summed E-state index contributed by atoms with van der Waals surface area (Å²) in [7, 11) is 0. The normalized spacial score (nSPS) is 12.1. The van der Waals surface area contributed by atoms with Crippen LogP contribution in [0.2, 0.25) is 0 Å². The summed E-state index contributed by atoms with van der Waals surface area (Å²) in [4.78, 5) is 0. The molecule has 0 amide bonds. The van der Waals surface area contributed by atoms with Gasteiger partial charge in [-0.2, -0.15) is 0 Å². The van der Waals surface area contributed by atoms with Gasteiger partial charge in [0.05, 0.1) is 0 Å². The van der Waals surface area contributed by atoms with Crippen LogP contribution in [0.15, 0.2) is 170 Å². The lowest BCUT2D eigenvalue weighted by molar-refractivity contribution is 1.69. The van der Waals surface area contributed by atoms with E-state index in [0.717, 1.165) is 0 Å². The number of rotatable bonds is 2. The van der Waals surface area contributed by atoms with E-state index in [2.05, 4.69) is 170 Å². The zero-order chi connectivity index (χ0) is 32.1. The minimum Gasteiger partial charge on any atom is -0.135 e. The van der Waals surface area contributed by atoms with Gasteiger partial charge in [-0.05, 0) is 99.0 Å². The molecule has 11 rings (SSSR count). The third-order valence-electron chi connectivity index (χ3n) is 10.6. The van der Waals surface area contributed by atoms with Crippen LogP contribution in [0.5, 0.6) is 0 Å². The van der Waals surface area contributed by atoms with E-state index in [0.29, 0.717) is 0 Å². The summed E-state index contributed by atoms with van der Waals surface area (Å²) in [6.07, 6.45) is 0. The molecule has 0 unspecified atom stereocenters. The van der Waals surface area contributed by atoms with Crippen LogP contribution < -0.4 is 0 Å². The smallest absolute Gasteiger partial charge is 0.0433 e. The molecule has 0 radical (unpaired) electrons. The van der Waals surface area contributed by atoms with Crippen molar-refractivity contribution in [2.45, 2.75) is 0 Å². The fraction of sp³-hybridized carbons (Fsp3) is 0. The van der Waals surface area contributed by atoms with Crippen LogP contribution in [0.4, 0.5) is 0 Å². The summed E-state index contributed by atoms with van der Waals surface area (Å²) in [5, 5.41) is 18.2. The molecule has 1 heterocycles. The van der Waals surface area contributed by atoms with Crippen molar-refractivity contribution in [2.75, 3.05) is 0 Å². The first-order valence-corrected chi connectivity index (χ1v) is 17.7. The number of benzene rings is 10. The topological polar surface area (TPSA) is 0 Å². The Kier molecular flexibility index (Phi) is 5.64. The van der Waals surface area contributed by atoms with Crippen molar-refractivity contribution in [1.29, 1.82) is 0 Å². The standard InChI is InChI=1S/C48H28S/c1-2-12-32-29(11-1)21-26-43-38-25-23-31(28-45(38)49-48(32)43)47-41-19-9-7-17-39(41)46(40-18-8-10-20-42(40)47)30-22-24-37-35-15-4-3-13-33(35)34-14-5-6-16-36(34)44(37)27-30/h1-28H. The average molecular weight is 637 g/mol. The predicted molar refractivity (Wildman–Crippen MR) is 215 cm³/mol. The van der Waals surface area contributed by atoms with E-state index in [1.807, 2.05) is 11.3 Å². The van der Waals surface area contributed by atoms with Crippen molar-refractivity contribution < 1.29 is 0 Å². The second-order valence-electron chi connectivity index (χ2n) is 13.2. The fourth-order valence-corrected chi connectivity index (χ4v) is 9.75. The zero-order valence-corrected chi connectivity index (χ0v) is 27.4. The van der Waals surface area contributed by atoms with Crippen LogP contribution in [-0.4, -0.2) is 0 Å². The highest BCUT2D eigenvalue weighted by Gasteiger charge is 2.19. The summed E-state index contributed by atoms with van der Waals surface area (Å²) < 4.78 is 2.70. The summed E-state index contributed by atoms with van der Waals surface area (Å²) in [6.45, 7) is 0. The molecule has 0 aliphatic heterocycles. The van der Waals surface area contributed by atoms with Crippen LogP contribution >= 0.6 is 11.3 Å². The quantitative estimate of drug-likeness (QED) is 0.131. The first kappa shape index (κ1) is 27.0. The van der Waals surface area contributed by atoms with Gasteiger partial charge in [0.1, 0.15) is 0 Å². The molecule has 0 bridgehead atoms. The van der Waals surface area contributed by atoms with Gasteiger partial charge in [-0.1, -0.05) is 158 Å². The molecule has 49 heavy (non-hydrogen) atoms. The number of thiophene rings is 1. The lowest BCUT2D eigenvalue weighted by atomic mass is 9.85. The molecule has 0 saturated heterocycles. The van der Waals surface area contributed by atoms with E-state index in [4.69, 9.17) is 0 Å². The molecule has 0 aliphatic rings. The van der Waals surface area contributed by atoms with Crippen LogP contribution in [0.25, 0.3) is 107 Å². The minimum atomic E-state index is 1.25. The Morgan fingerprint density at radius 3 is 1.24 bits per heavy atom. The van der Waals surface area contributed by atoms with Crippen molar-refractivity contribution in [1.82, 2.24) is 0 Å². The van der Waals surface area contributed by atoms with E-state index < -0.39 is 0 Å². The van der Waals surface area contributed by atoms with Crippen LogP contribution in [0.1, 0.15) is 0 Å². The van der Waals surface area contributed by atoms with Gasteiger partial charge >= 0.3 is 0 Å². The van der Waals surface area contributed by atoms with Gasteiger partial charge in [-0.15, -0.1) is 11.3 Å². The van der Waals surface area contributed by atoms with E-state index in [9.17, 15) is 0 Å². The Hall–Kier alpha value is -6.02. The summed E-state index contributed by atoms with van der Waals surface area (Å²) in [6, 6.07) is 63.2. The maximum atomic E-state index is 2.44. The molecule has 226 valence electrons. The Labute approximate surface area is 287 Å². The van der Waals surface area contributed by atoms with Gasteiger partial charge in [0.25, 0.3) is 0 Å². The van der Waals surface area contributed by atoms with Crippen LogP contribution in [-0.2, 0) is 0 Å². The van der Waals surface area contributed by atoms with Crippen molar-refractivity contribution in [3.05, 3.63) is 170 Å². The Morgan fingerprint density at radius 2 is 0.673 bits per heavy atom. The largest absolute Gasteiger partial charge is 0.135 e. The van der Waals surface area contributed by atoms with Crippen molar-refractivity contribution >= 4 is 96.1 Å². The first-order valence-electron chi connectivity index (χ1n) is 16.9. The zero-order valence-electron chi connectivity index (χ0n) is 26.6. The fourth-order valence-electron chi connectivity index (χ4n) is 8.47. The molecule has 10 aromatic carbocycles. The van der Waals surface area contributed by atoms with Crippen LogP contribution in [0, 0.1) is 0 Å². The molecule has 11 aromatic rings. The van der Waals surface area contributed by atoms with Crippen molar-refractivity contribution in [3.63, 3.8) is 0 Å². The summed E-state index contributed by atoms with van der Waals surface area (Å²) in [5.74, 6) is 0. The summed E-state index contributed by atoms with van der Waals surface area (Å²) >= 11 is 1.91. The van der Waals surface area contributed by atoms with Gasteiger partial charge in [0.15, 0.2) is 0 Å². The molecule has 0 atom stereocenters. The molecule has 0 fully saturated rings. The molecule has 0 saturated carbocycles. The third-order valence-corrected chi connectivity index (χ3v) is 11.8. The molecule has 0 N–H and O–H groups in total. The number of hydrogen-bond donors (Lipinski definition) is 0. The SMILES string of the molecule is c1ccc2c(c1)ccc1c3ccc(-c4c5ccccc5c(-c5ccc6c7ccccc7c7ccccc7c6c5)c5ccccc45)cc3sc21. The maximum absolute atomic E-state index is 2.44. The summed E-state index contributed by atoms with van der Waals surface area (Å²) in [5.41, 5.74) is 5.11. The molecular weight excluding hydrogens is 609 g/mol. The molecule has 1 aromatic heterocycles. The maximum Gasteiger partial charge on any atom is 0.0433 e. The molecule has 0 aliphatic carbocycles. The average Bonchev–Trinajstić information content (AvgIpc) is 3.55. The predicted octanol–water partition coefficient (Wildman–Crippen LogP) is 14.3. The second kappa shape index (κ2) is 10.2. The Morgan fingerprint density at radius 1 is 0.265 bits per heavy atom. The number of hydrogen-bond acceptors (Lipinski definition) is 1. The first-order chi connectivity index (χ1) is 24.3. The third kappa shape index (κ3) is 3.85. The molecule has 1 heteroatoms.